The van der Waals surface area contributed by atoms with Gasteiger partial charge in [0, 0.05) is 19.6 Å². The van der Waals surface area contributed by atoms with Crippen LogP contribution in [0, 0.1) is 11.2 Å². The summed E-state index contributed by atoms with van der Waals surface area (Å²) in [4.78, 5) is 14.1. The summed E-state index contributed by atoms with van der Waals surface area (Å²) in [6.45, 7) is 1.89. The molecule has 1 aromatic rings. The molecule has 0 aromatic heterocycles. The Morgan fingerprint density at radius 1 is 1.26 bits per heavy atom. The highest BCUT2D eigenvalue weighted by Gasteiger charge is 2.38. The number of rotatable bonds is 2. The molecule has 2 fully saturated rings. The van der Waals surface area contributed by atoms with Crippen LogP contribution < -0.4 is 5.32 Å². The normalized spacial score (nSPS) is 21.4. The Kier molecular flexibility index (Phi) is 4.85. The molecule has 5 heteroatoms. The van der Waals surface area contributed by atoms with Crippen LogP contribution in [0.5, 0.6) is 0 Å². The molecule has 1 aliphatic heterocycles. The zero-order valence-corrected chi connectivity index (χ0v) is 13.4. The minimum Gasteiger partial charge on any atom is -0.393 e. The largest absolute Gasteiger partial charge is 0.393 e. The van der Waals surface area contributed by atoms with E-state index in [2.05, 4.69) is 5.32 Å². The third kappa shape index (κ3) is 4.02. The van der Waals surface area contributed by atoms with Gasteiger partial charge in [-0.2, -0.15) is 0 Å². The van der Waals surface area contributed by atoms with Crippen LogP contribution in [-0.2, 0) is 6.54 Å². The smallest absolute Gasteiger partial charge is 0.317 e. The van der Waals surface area contributed by atoms with Crippen molar-refractivity contribution in [2.45, 2.75) is 51.2 Å². The van der Waals surface area contributed by atoms with E-state index in [0.29, 0.717) is 12.0 Å². The van der Waals surface area contributed by atoms with Gasteiger partial charge in [-0.1, -0.05) is 12.1 Å². The van der Waals surface area contributed by atoms with Crippen LogP contribution in [0.15, 0.2) is 24.3 Å². The molecule has 1 heterocycles. The van der Waals surface area contributed by atoms with Gasteiger partial charge < -0.3 is 15.3 Å². The van der Waals surface area contributed by atoms with Gasteiger partial charge in [-0.05, 0) is 61.6 Å². The number of amides is 2. The monoisotopic (exact) mass is 320 g/mol. The van der Waals surface area contributed by atoms with E-state index in [9.17, 15) is 14.3 Å². The zero-order chi connectivity index (χ0) is 16.3. The third-order valence-electron chi connectivity index (χ3n) is 5.46. The number of benzene rings is 1. The molecule has 1 spiro atoms. The first-order chi connectivity index (χ1) is 11.1. The van der Waals surface area contributed by atoms with E-state index in [-0.39, 0.29) is 18.0 Å². The molecule has 2 N–H and O–H groups in total. The van der Waals surface area contributed by atoms with Gasteiger partial charge in [-0.3, -0.25) is 0 Å². The predicted octanol–water partition coefficient (Wildman–Crippen LogP) is 3.05. The van der Waals surface area contributed by atoms with Crippen molar-refractivity contribution in [2.24, 2.45) is 5.41 Å². The lowest BCUT2D eigenvalue weighted by Gasteiger charge is -2.45. The van der Waals surface area contributed by atoms with Crippen molar-refractivity contribution in [3.63, 3.8) is 0 Å². The maximum Gasteiger partial charge on any atom is 0.317 e. The fourth-order valence-electron chi connectivity index (χ4n) is 3.84. The van der Waals surface area contributed by atoms with Gasteiger partial charge in [0.25, 0.3) is 0 Å². The summed E-state index contributed by atoms with van der Waals surface area (Å²) in [5.41, 5.74) is 1.10. The maximum atomic E-state index is 13.1. The molecular formula is C18H25FN2O2. The van der Waals surface area contributed by atoms with Gasteiger partial charge in [0.05, 0.1) is 6.10 Å². The highest BCUT2D eigenvalue weighted by Crippen LogP contribution is 2.44. The Morgan fingerprint density at radius 3 is 2.61 bits per heavy atom. The number of carbonyl (C=O) groups is 1. The molecule has 1 aliphatic carbocycles. The van der Waals surface area contributed by atoms with E-state index in [4.69, 9.17) is 0 Å². The second-order valence-corrected chi connectivity index (χ2v) is 7.01. The van der Waals surface area contributed by atoms with Crippen molar-refractivity contribution in [3.05, 3.63) is 35.6 Å². The molecule has 2 aliphatic rings. The number of carbonyl (C=O) groups excluding carboxylic acids is 1. The van der Waals surface area contributed by atoms with Crippen LogP contribution in [-0.4, -0.2) is 35.2 Å². The molecule has 0 unspecified atom stereocenters. The van der Waals surface area contributed by atoms with Crippen molar-refractivity contribution in [3.8, 4) is 0 Å². The maximum absolute atomic E-state index is 13.1. The molecular weight excluding hydrogens is 295 g/mol. The molecule has 23 heavy (non-hydrogen) atoms. The van der Waals surface area contributed by atoms with Crippen LogP contribution in [0.2, 0.25) is 0 Å². The van der Waals surface area contributed by atoms with E-state index >= 15 is 0 Å². The summed E-state index contributed by atoms with van der Waals surface area (Å²) in [6.07, 6.45) is 5.85. The van der Waals surface area contributed by atoms with E-state index in [1.807, 2.05) is 11.0 Å². The Hall–Kier alpha value is -1.62. The van der Waals surface area contributed by atoms with Gasteiger partial charge in [0.2, 0.25) is 0 Å². The van der Waals surface area contributed by atoms with Crippen molar-refractivity contribution in [1.82, 2.24) is 10.2 Å². The van der Waals surface area contributed by atoms with Gasteiger partial charge in [-0.25, -0.2) is 9.18 Å². The highest BCUT2D eigenvalue weighted by molar-refractivity contribution is 5.74. The van der Waals surface area contributed by atoms with Crippen molar-refractivity contribution >= 4 is 6.03 Å². The van der Waals surface area contributed by atoms with Gasteiger partial charge >= 0.3 is 6.03 Å². The molecule has 0 radical (unpaired) electrons. The number of aliphatic hydroxyl groups excluding tert-OH is 1. The minimum absolute atomic E-state index is 0.0695. The van der Waals surface area contributed by atoms with E-state index in [1.165, 1.54) is 12.1 Å². The van der Waals surface area contributed by atoms with Gasteiger partial charge in [0.15, 0.2) is 0 Å². The summed E-state index contributed by atoms with van der Waals surface area (Å²) in [6, 6.07) is 6.23. The summed E-state index contributed by atoms with van der Waals surface area (Å²) < 4.78 is 13.1. The molecule has 1 saturated carbocycles. The summed E-state index contributed by atoms with van der Waals surface area (Å²) in [5, 5.41) is 12.5. The predicted molar refractivity (Wildman–Crippen MR) is 86.4 cm³/mol. The first-order valence-electron chi connectivity index (χ1n) is 8.52. The molecule has 1 aromatic carbocycles. The second-order valence-electron chi connectivity index (χ2n) is 7.01. The van der Waals surface area contributed by atoms with Crippen LogP contribution in [0.25, 0.3) is 0 Å². The lowest BCUT2D eigenvalue weighted by molar-refractivity contribution is 0.0250. The first-order valence-corrected chi connectivity index (χ1v) is 8.52. The third-order valence-corrected chi connectivity index (χ3v) is 5.46. The fourth-order valence-corrected chi connectivity index (χ4v) is 3.84. The Bertz CT molecular complexity index is 546. The van der Waals surface area contributed by atoms with E-state index < -0.39 is 0 Å². The zero-order valence-electron chi connectivity index (χ0n) is 13.4. The topological polar surface area (TPSA) is 52.6 Å². The quantitative estimate of drug-likeness (QED) is 0.880. The van der Waals surface area contributed by atoms with Crippen LogP contribution >= 0.6 is 0 Å². The van der Waals surface area contributed by atoms with Crippen LogP contribution in [0.3, 0.4) is 0 Å². The average Bonchev–Trinajstić information content (AvgIpc) is 2.56. The molecule has 0 atom stereocenters. The SMILES string of the molecule is O=C(NCc1cccc(F)c1)N1CCC2(CCC(O)CC2)CC1. The minimum atomic E-state index is -0.281. The average molecular weight is 320 g/mol. The Balaban J connectivity index is 1.47. The van der Waals surface area contributed by atoms with Crippen molar-refractivity contribution in [2.75, 3.05) is 13.1 Å². The lowest BCUT2D eigenvalue weighted by atomic mass is 9.67. The molecule has 0 bridgehead atoms. The number of nitrogens with one attached hydrogen (secondary N) is 1. The molecule has 3 rings (SSSR count). The number of urea groups is 1. The number of nitrogens with zero attached hydrogens (tertiary/aromatic N) is 1. The number of halogens is 1. The number of aliphatic hydroxyl groups is 1. The summed E-state index contributed by atoms with van der Waals surface area (Å²) in [5.74, 6) is -0.281. The highest BCUT2D eigenvalue weighted by atomic mass is 19.1. The van der Waals surface area contributed by atoms with E-state index in [0.717, 1.165) is 57.2 Å². The summed E-state index contributed by atoms with van der Waals surface area (Å²) >= 11 is 0. The number of piperidine rings is 1. The molecule has 126 valence electrons. The van der Waals surface area contributed by atoms with Gasteiger partial charge in [-0.15, -0.1) is 0 Å². The first kappa shape index (κ1) is 16.2. The van der Waals surface area contributed by atoms with Crippen LogP contribution in [0.4, 0.5) is 9.18 Å². The van der Waals surface area contributed by atoms with Crippen LogP contribution in [0.1, 0.15) is 44.1 Å². The molecule has 2 amide bonds. The van der Waals surface area contributed by atoms with Gasteiger partial charge in [0.1, 0.15) is 5.82 Å². The molecule has 4 nitrogen and oxygen atoms in total. The standard InChI is InChI=1S/C18H25FN2O2/c19-15-3-1-2-14(12-15)13-20-17(23)21-10-8-18(9-11-21)6-4-16(22)5-7-18/h1-3,12,16,22H,4-11,13H2,(H,20,23). The Labute approximate surface area is 136 Å². The number of hydrogen-bond donors (Lipinski definition) is 2. The summed E-state index contributed by atoms with van der Waals surface area (Å²) in [7, 11) is 0. The number of hydrogen-bond acceptors (Lipinski definition) is 2. The Morgan fingerprint density at radius 2 is 1.96 bits per heavy atom. The second kappa shape index (κ2) is 6.87. The fraction of sp³-hybridized carbons (Fsp3) is 0.611. The van der Waals surface area contributed by atoms with Crippen molar-refractivity contribution in [1.29, 1.82) is 0 Å². The molecule has 1 saturated heterocycles. The number of likely N-dealkylation sites (tertiary alicyclic amines) is 1. The van der Waals surface area contributed by atoms with E-state index in [1.54, 1.807) is 6.07 Å². The van der Waals surface area contributed by atoms with Crippen molar-refractivity contribution < 1.29 is 14.3 Å². The lowest BCUT2D eigenvalue weighted by Crippen LogP contribution is -2.48.